The van der Waals surface area contributed by atoms with Gasteiger partial charge in [0, 0.05) is 17.3 Å². The lowest BCUT2D eigenvalue weighted by atomic mass is 10.2. The molecule has 2 nitrogen and oxygen atoms in total. The molecule has 1 aromatic rings. The third-order valence-electron chi connectivity index (χ3n) is 1.79. The van der Waals surface area contributed by atoms with Crippen LogP contribution in [0.25, 0.3) is 0 Å². The zero-order valence-electron chi connectivity index (χ0n) is 8.51. The number of rotatable bonds is 4. The molecule has 7 heteroatoms. The number of halogens is 4. The fraction of sp³-hybridized carbons (Fsp3) is 0.300. The zero-order valence-corrected chi connectivity index (χ0v) is 10.1. The van der Waals surface area contributed by atoms with E-state index in [-0.39, 0.29) is 24.1 Å². The van der Waals surface area contributed by atoms with Crippen LogP contribution in [-0.2, 0) is 0 Å². The van der Waals surface area contributed by atoms with E-state index in [1.165, 1.54) is 12.1 Å². The SMILES string of the molecule is N#Cc1ccc(Cl)cc1NCCSC(F)(F)F. The number of anilines is 1. The van der Waals surface area contributed by atoms with Crippen molar-refractivity contribution < 1.29 is 13.2 Å². The van der Waals surface area contributed by atoms with Crippen LogP contribution in [0, 0.1) is 11.3 Å². The Morgan fingerprint density at radius 1 is 1.41 bits per heavy atom. The molecule has 0 saturated heterocycles. The first-order chi connectivity index (χ1) is 7.92. The summed E-state index contributed by atoms with van der Waals surface area (Å²) in [5, 5.41) is 12.0. The molecule has 1 rings (SSSR count). The highest BCUT2D eigenvalue weighted by Crippen LogP contribution is 2.29. The van der Waals surface area contributed by atoms with Crippen molar-refractivity contribution in [1.29, 1.82) is 5.26 Å². The number of nitriles is 1. The second-order valence-corrected chi connectivity index (χ2v) is 4.62. The minimum atomic E-state index is -4.23. The van der Waals surface area contributed by atoms with E-state index in [9.17, 15) is 13.2 Å². The molecule has 92 valence electrons. The van der Waals surface area contributed by atoms with Crippen LogP contribution in [0.15, 0.2) is 18.2 Å². The Morgan fingerprint density at radius 2 is 2.12 bits per heavy atom. The van der Waals surface area contributed by atoms with Gasteiger partial charge in [0.25, 0.3) is 0 Å². The number of thioether (sulfide) groups is 1. The predicted molar refractivity (Wildman–Crippen MR) is 63.2 cm³/mol. The first-order valence-electron chi connectivity index (χ1n) is 4.56. The molecule has 0 fully saturated rings. The molecule has 17 heavy (non-hydrogen) atoms. The predicted octanol–water partition coefficient (Wildman–Crippen LogP) is 3.88. The topological polar surface area (TPSA) is 35.8 Å². The Kier molecular flexibility index (Phi) is 4.97. The van der Waals surface area contributed by atoms with Gasteiger partial charge >= 0.3 is 5.51 Å². The van der Waals surface area contributed by atoms with Gasteiger partial charge in [-0.25, -0.2) is 0 Å². The van der Waals surface area contributed by atoms with Gasteiger partial charge in [-0.1, -0.05) is 11.6 Å². The molecule has 0 aliphatic rings. The highest BCUT2D eigenvalue weighted by Gasteiger charge is 2.27. The molecule has 0 saturated carbocycles. The third-order valence-corrected chi connectivity index (χ3v) is 2.76. The Hall–Kier alpha value is -1.06. The summed E-state index contributed by atoms with van der Waals surface area (Å²) in [7, 11) is 0. The summed E-state index contributed by atoms with van der Waals surface area (Å²) >= 11 is 5.62. The quantitative estimate of drug-likeness (QED) is 0.850. The molecule has 0 amide bonds. The van der Waals surface area contributed by atoms with Crippen LogP contribution in [0.4, 0.5) is 18.9 Å². The summed E-state index contributed by atoms with van der Waals surface area (Å²) in [5.74, 6) is -0.124. The van der Waals surface area contributed by atoms with Gasteiger partial charge in [-0.05, 0) is 30.0 Å². The van der Waals surface area contributed by atoms with E-state index in [1.54, 1.807) is 6.07 Å². The summed E-state index contributed by atoms with van der Waals surface area (Å²) < 4.78 is 35.6. The van der Waals surface area contributed by atoms with Gasteiger partial charge in [-0.15, -0.1) is 0 Å². The molecule has 1 N–H and O–H groups in total. The Labute approximate surface area is 106 Å². The van der Waals surface area contributed by atoms with Gasteiger partial charge in [0.1, 0.15) is 6.07 Å². The van der Waals surface area contributed by atoms with Gasteiger partial charge < -0.3 is 5.32 Å². The Balaban J connectivity index is 2.52. The van der Waals surface area contributed by atoms with Gasteiger partial charge in [-0.3, -0.25) is 0 Å². The van der Waals surface area contributed by atoms with Crippen molar-refractivity contribution >= 4 is 29.1 Å². The molecule has 0 aliphatic heterocycles. The molecular formula is C10H8ClF3N2S. The maximum absolute atomic E-state index is 11.9. The summed E-state index contributed by atoms with van der Waals surface area (Å²) in [6.07, 6.45) is 0. The smallest absolute Gasteiger partial charge is 0.383 e. The van der Waals surface area contributed by atoms with Crippen LogP contribution in [-0.4, -0.2) is 17.8 Å². The summed E-state index contributed by atoms with van der Waals surface area (Å²) in [6, 6.07) is 6.51. The van der Waals surface area contributed by atoms with Crippen LogP contribution < -0.4 is 5.32 Å². The standard InChI is InChI=1S/C10H8ClF3N2S/c11-8-2-1-7(6-15)9(5-8)16-3-4-17-10(12,13)14/h1-2,5,16H,3-4H2. The van der Waals surface area contributed by atoms with Gasteiger partial charge in [0.05, 0.1) is 11.3 Å². The van der Waals surface area contributed by atoms with Crippen molar-refractivity contribution in [3.63, 3.8) is 0 Å². The zero-order chi connectivity index (χ0) is 12.9. The Bertz CT molecular complexity index is 429. The maximum atomic E-state index is 11.9. The first-order valence-corrected chi connectivity index (χ1v) is 5.93. The summed E-state index contributed by atoms with van der Waals surface area (Å²) in [4.78, 5) is 0. The number of nitrogens with zero attached hydrogens (tertiary/aromatic N) is 1. The van der Waals surface area contributed by atoms with Gasteiger partial charge in [-0.2, -0.15) is 18.4 Å². The fourth-order valence-electron chi connectivity index (χ4n) is 1.11. The average molecular weight is 281 g/mol. The summed E-state index contributed by atoms with van der Waals surface area (Å²) in [5.41, 5.74) is -3.43. The molecule has 0 heterocycles. The van der Waals surface area contributed by atoms with Crippen LogP contribution in [0.2, 0.25) is 5.02 Å². The number of benzene rings is 1. The molecule has 1 aromatic carbocycles. The van der Waals surface area contributed by atoms with E-state index in [0.717, 1.165) is 0 Å². The average Bonchev–Trinajstić information content (AvgIpc) is 2.23. The van der Waals surface area contributed by atoms with E-state index >= 15 is 0 Å². The van der Waals surface area contributed by atoms with E-state index in [2.05, 4.69) is 5.32 Å². The number of hydrogen-bond donors (Lipinski definition) is 1. The maximum Gasteiger partial charge on any atom is 0.441 e. The lowest BCUT2D eigenvalue weighted by Gasteiger charge is -2.09. The van der Waals surface area contributed by atoms with Crippen molar-refractivity contribution in [3.8, 4) is 6.07 Å². The largest absolute Gasteiger partial charge is 0.441 e. The molecule has 0 unspecified atom stereocenters. The number of nitrogens with one attached hydrogen (secondary N) is 1. The first kappa shape index (κ1) is 14.0. The lowest BCUT2D eigenvalue weighted by Crippen LogP contribution is -2.10. The van der Waals surface area contributed by atoms with Gasteiger partial charge in [0.2, 0.25) is 0 Å². The van der Waals surface area contributed by atoms with Crippen molar-refractivity contribution in [2.24, 2.45) is 0 Å². The monoisotopic (exact) mass is 280 g/mol. The van der Waals surface area contributed by atoms with E-state index in [1.807, 2.05) is 6.07 Å². The highest BCUT2D eigenvalue weighted by molar-refractivity contribution is 8.00. The van der Waals surface area contributed by atoms with E-state index < -0.39 is 5.51 Å². The van der Waals surface area contributed by atoms with Crippen molar-refractivity contribution in [2.45, 2.75) is 5.51 Å². The van der Waals surface area contributed by atoms with E-state index in [4.69, 9.17) is 16.9 Å². The number of alkyl halides is 3. The molecule has 0 bridgehead atoms. The van der Waals surface area contributed by atoms with Crippen LogP contribution in [0.3, 0.4) is 0 Å². The summed E-state index contributed by atoms with van der Waals surface area (Å²) in [6.45, 7) is 0.110. The lowest BCUT2D eigenvalue weighted by molar-refractivity contribution is -0.0327. The van der Waals surface area contributed by atoms with Crippen molar-refractivity contribution in [1.82, 2.24) is 0 Å². The molecular weight excluding hydrogens is 273 g/mol. The third kappa shape index (κ3) is 5.20. The van der Waals surface area contributed by atoms with Crippen LogP contribution in [0.5, 0.6) is 0 Å². The fourth-order valence-corrected chi connectivity index (χ4v) is 1.72. The van der Waals surface area contributed by atoms with Crippen molar-refractivity contribution in [3.05, 3.63) is 28.8 Å². The normalized spacial score (nSPS) is 11.0. The molecule has 0 radical (unpaired) electrons. The molecule has 0 spiro atoms. The highest BCUT2D eigenvalue weighted by atomic mass is 35.5. The molecule has 0 aliphatic carbocycles. The van der Waals surface area contributed by atoms with Crippen LogP contribution >= 0.6 is 23.4 Å². The molecule has 0 atom stereocenters. The number of hydrogen-bond acceptors (Lipinski definition) is 3. The molecule has 0 aromatic heterocycles. The minimum Gasteiger partial charge on any atom is -0.383 e. The minimum absolute atomic E-state index is 0.108. The van der Waals surface area contributed by atoms with E-state index in [0.29, 0.717) is 16.3 Å². The Morgan fingerprint density at radius 3 is 2.71 bits per heavy atom. The van der Waals surface area contributed by atoms with Crippen molar-refractivity contribution in [2.75, 3.05) is 17.6 Å². The van der Waals surface area contributed by atoms with Crippen LogP contribution in [0.1, 0.15) is 5.56 Å². The van der Waals surface area contributed by atoms with Gasteiger partial charge in [0.15, 0.2) is 0 Å². The second-order valence-electron chi connectivity index (χ2n) is 3.02. The second kappa shape index (κ2) is 6.03.